The summed E-state index contributed by atoms with van der Waals surface area (Å²) in [6, 6.07) is 4.18. The molecule has 0 amide bonds. The van der Waals surface area contributed by atoms with Crippen molar-refractivity contribution in [2.75, 3.05) is 13.7 Å². The minimum Gasteiger partial charge on any atom is -0.496 e. The zero-order chi connectivity index (χ0) is 20.1. The third-order valence-electron chi connectivity index (χ3n) is 4.35. The second kappa shape index (κ2) is 8.61. The molecule has 0 spiro atoms. The van der Waals surface area contributed by atoms with Crippen LogP contribution in [-0.2, 0) is 15.6 Å². The van der Waals surface area contributed by atoms with E-state index in [-0.39, 0.29) is 16.4 Å². The molecule has 0 heterocycles. The molecule has 1 N–H and O–H groups in total. The van der Waals surface area contributed by atoms with Crippen molar-refractivity contribution >= 4 is 5.97 Å². The number of aliphatic carboxylic acids is 1. The number of carbonyl (C=O) groups is 1. The van der Waals surface area contributed by atoms with Crippen molar-refractivity contribution in [1.82, 2.24) is 0 Å². The molecule has 0 unspecified atom stereocenters. The van der Waals surface area contributed by atoms with Crippen LogP contribution in [-0.4, -0.2) is 24.8 Å². The quantitative estimate of drug-likeness (QED) is 0.491. The molecule has 0 bridgehead atoms. The molecule has 0 atom stereocenters. The summed E-state index contributed by atoms with van der Waals surface area (Å²) in [7, 11) is 1.70. The van der Waals surface area contributed by atoms with Gasteiger partial charge in [-0.25, -0.2) is 4.79 Å². The van der Waals surface area contributed by atoms with E-state index in [0.717, 1.165) is 35.5 Å². The largest absolute Gasteiger partial charge is 0.496 e. The fraction of sp³-hybridized carbons (Fsp3) is 0.591. The Balaban J connectivity index is 2.97. The Hall–Kier alpha value is -1.97. The predicted molar refractivity (Wildman–Crippen MR) is 107 cm³/mol. The molecular weight excluding hydrogens is 328 g/mol. The number of hydrogen-bond donors (Lipinski definition) is 1. The number of ether oxygens (including phenoxy) is 2. The van der Waals surface area contributed by atoms with Crippen LogP contribution >= 0.6 is 0 Å². The Morgan fingerprint density at radius 1 is 1.00 bits per heavy atom. The Bertz CT molecular complexity index is 645. The first-order valence-corrected chi connectivity index (χ1v) is 9.14. The summed E-state index contributed by atoms with van der Waals surface area (Å²) in [6.07, 6.45) is 2.02. The van der Waals surface area contributed by atoms with Crippen LogP contribution in [0.3, 0.4) is 0 Å². The van der Waals surface area contributed by atoms with Crippen LogP contribution in [0.25, 0.3) is 0 Å². The van der Waals surface area contributed by atoms with Crippen LogP contribution < -0.4 is 9.47 Å². The van der Waals surface area contributed by atoms with Crippen molar-refractivity contribution in [3.63, 3.8) is 0 Å². The number of benzene rings is 1. The van der Waals surface area contributed by atoms with E-state index in [2.05, 4.69) is 60.3 Å². The molecule has 0 fully saturated rings. The molecule has 1 aromatic carbocycles. The highest BCUT2D eigenvalue weighted by Gasteiger charge is 2.26. The maximum absolute atomic E-state index is 10.8. The van der Waals surface area contributed by atoms with E-state index in [1.807, 2.05) is 0 Å². The van der Waals surface area contributed by atoms with Gasteiger partial charge in [0, 0.05) is 16.7 Å². The Kier molecular flexibility index (Phi) is 7.31. The van der Waals surface area contributed by atoms with Gasteiger partial charge in [0.1, 0.15) is 11.5 Å². The van der Waals surface area contributed by atoms with E-state index in [4.69, 9.17) is 14.6 Å². The number of methoxy groups -OCH3 is 1. The van der Waals surface area contributed by atoms with Gasteiger partial charge >= 0.3 is 5.97 Å². The zero-order valence-electron chi connectivity index (χ0n) is 17.4. The first kappa shape index (κ1) is 22.1. The minimum atomic E-state index is -0.925. The van der Waals surface area contributed by atoms with E-state index in [9.17, 15) is 4.79 Å². The van der Waals surface area contributed by atoms with E-state index in [0.29, 0.717) is 13.0 Å². The number of unbranched alkanes of at least 4 members (excludes halogenated alkanes) is 1. The maximum atomic E-state index is 10.8. The fourth-order valence-electron chi connectivity index (χ4n) is 2.75. The molecule has 26 heavy (non-hydrogen) atoms. The van der Waals surface area contributed by atoms with Crippen LogP contribution in [0, 0.1) is 0 Å². The second-order valence-corrected chi connectivity index (χ2v) is 8.76. The van der Waals surface area contributed by atoms with E-state index in [1.54, 1.807) is 7.11 Å². The maximum Gasteiger partial charge on any atom is 0.330 e. The molecule has 0 saturated carbocycles. The van der Waals surface area contributed by atoms with Crippen LogP contribution in [0.4, 0.5) is 0 Å². The van der Waals surface area contributed by atoms with Gasteiger partial charge in [0.2, 0.25) is 0 Å². The molecule has 146 valence electrons. The Morgan fingerprint density at radius 2 is 1.50 bits per heavy atom. The lowest BCUT2D eigenvalue weighted by atomic mass is 9.81. The molecule has 0 saturated heterocycles. The zero-order valence-corrected chi connectivity index (χ0v) is 17.4. The third kappa shape index (κ3) is 6.08. The molecular formula is C22H34O4. The molecule has 1 rings (SSSR count). The molecule has 0 aliphatic heterocycles. The molecule has 0 radical (unpaired) electrons. The lowest BCUT2D eigenvalue weighted by molar-refractivity contribution is -0.132. The summed E-state index contributed by atoms with van der Waals surface area (Å²) in [4.78, 5) is 10.8. The van der Waals surface area contributed by atoms with Gasteiger partial charge in [-0.1, -0.05) is 48.1 Å². The van der Waals surface area contributed by atoms with Gasteiger partial charge < -0.3 is 14.6 Å². The van der Waals surface area contributed by atoms with Crippen LogP contribution in [0.2, 0.25) is 0 Å². The molecule has 1 aromatic rings. The van der Waals surface area contributed by atoms with Gasteiger partial charge in [-0.05, 0) is 42.2 Å². The third-order valence-corrected chi connectivity index (χ3v) is 4.35. The molecule has 4 heteroatoms. The van der Waals surface area contributed by atoms with Crippen LogP contribution in [0.5, 0.6) is 11.5 Å². The van der Waals surface area contributed by atoms with Crippen LogP contribution in [0.1, 0.15) is 71.9 Å². The summed E-state index contributed by atoms with van der Waals surface area (Å²) < 4.78 is 11.7. The topological polar surface area (TPSA) is 55.8 Å². The van der Waals surface area contributed by atoms with E-state index >= 15 is 0 Å². The van der Waals surface area contributed by atoms with Crippen molar-refractivity contribution in [3.05, 3.63) is 35.4 Å². The summed E-state index contributed by atoms with van der Waals surface area (Å²) >= 11 is 0. The Morgan fingerprint density at radius 3 is 1.96 bits per heavy atom. The highest BCUT2D eigenvalue weighted by atomic mass is 16.5. The summed E-state index contributed by atoms with van der Waals surface area (Å²) in [5.41, 5.74) is 2.34. The standard InChI is InChI=1S/C22H34O4/c1-15(20(23)24)11-9-10-12-26-19-14-16(21(2,3)4)18(25-8)13-17(19)22(5,6)7/h13-14H,1,9-12H2,2-8H3,(H,23,24). The van der Waals surface area contributed by atoms with Gasteiger partial charge in [0.25, 0.3) is 0 Å². The average molecular weight is 363 g/mol. The SMILES string of the molecule is C=C(CCCCOc1cc(C(C)(C)C)c(OC)cc1C(C)(C)C)C(=O)O. The second-order valence-electron chi connectivity index (χ2n) is 8.76. The van der Waals surface area contributed by atoms with E-state index < -0.39 is 5.97 Å². The van der Waals surface area contributed by atoms with Crippen molar-refractivity contribution in [2.45, 2.75) is 71.6 Å². The molecule has 4 nitrogen and oxygen atoms in total. The molecule has 0 aliphatic carbocycles. The monoisotopic (exact) mass is 362 g/mol. The number of rotatable bonds is 8. The minimum absolute atomic E-state index is 0.0565. The molecule has 0 aromatic heterocycles. The molecule has 0 aliphatic rings. The summed E-state index contributed by atoms with van der Waals surface area (Å²) in [6.45, 7) is 17.0. The van der Waals surface area contributed by atoms with Crippen LogP contribution in [0.15, 0.2) is 24.3 Å². The van der Waals surface area contributed by atoms with Crippen molar-refractivity contribution in [3.8, 4) is 11.5 Å². The highest BCUT2D eigenvalue weighted by Crippen LogP contribution is 2.41. The summed E-state index contributed by atoms with van der Waals surface area (Å²) in [5, 5.41) is 8.86. The smallest absolute Gasteiger partial charge is 0.330 e. The van der Waals surface area contributed by atoms with Gasteiger partial charge in [-0.2, -0.15) is 0 Å². The summed E-state index contributed by atoms with van der Waals surface area (Å²) in [5.74, 6) is 0.832. The van der Waals surface area contributed by atoms with Crippen molar-refractivity contribution in [1.29, 1.82) is 0 Å². The lowest BCUT2D eigenvalue weighted by Crippen LogP contribution is -2.18. The predicted octanol–water partition coefficient (Wildman–Crippen LogP) is 5.48. The van der Waals surface area contributed by atoms with Gasteiger partial charge in [0.05, 0.1) is 13.7 Å². The first-order chi connectivity index (χ1) is 11.9. The van der Waals surface area contributed by atoms with Crippen molar-refractivity contribution < 1.29 is 19.4 Å². The van der Waals surface area contributed by atoms with E-state index in [1.165, 1.54) is 0 Å². The normalized spacial score (nSPS) is 12.0. The van der Waals surface area contributed by atoms with Gasteiger partial charge in [-0.15, -0.1) is 0 Å². The number of carboxylic acids is 1. The van der Waals surface area contributed by atoms with Gasteiger partial charge in [0.15, 0.2) is 0 Å². The first-order valence-electron chi connectivity index (χ1n) is 9.14. The van der Waals surface area contributed by atoms with Crippen molar-refractivity contribution in [2.24, 2.45) is 0 Å². The highest BCUT2D eigenvalue weighted by molar-refractivity contribution is 5.85. The number of hydrogen-bond acceptors (Lipinski definition) is 3. The lowest BCUT2D eigenvalue weighted by Gasteiger charge is -2.28. The number of carboxylic acid groups (broad SMARTS) is 1. The Labute approximate surface area is 158 Å². The average Bonchev–Trinajstić information content (AvgIpc) is 2.51. The fourth-order valence-corrected chi connectivity index (χ4v) is 2.75. The van der Waals surface area contributed by atoms with Gasteiger partial charge in [-0.3, -0.25) is 0 Å².